The van der Waals surface area contributed by atoms with E-state index in [0.717, 1.165) is 11.4 Å². The highest BCUT2D eigenvalue weighted by molar-refractivity contribution is 5.51. The zero-order valence-electron chi connectivity index (χ0n) is 8.36. The molecule has 1 saturated heterocycles. The van der Waals surface area contributed by atoms with Crippen LogP contribution in [-0.4, -0.2) is 41.3 Å². The normalized spacial score (nSPS) is 16.6. The molecule has 0 unspecified atom stereocenters. The Labute approximate surface area is 82.8 Å². The summed E-state index contributed by atoms with van der Waals surface area (Å²) in [7, 11) is 1.79. The number of rotatable bonds is 2. The number of aliphatic hydroxyl groups is 1. The zero-order chi connectivity index (χ0) is 10.1. The Morgan fingerprint density at radius 2 is 2.29 bits per heavy atom. The van der Waals surface area contributed by atoms with Gasteiger partial charge >= 0.3 is 0 Å². The van der Waals surface area contributed by atoms with Crippen molar-refractivity contribution in [2.75, 3.05) is 30.4 Å². The molecule has 76 valence electrons. The third kappa shape index (κ3) is 1.50. The van der Waals surface area contributed by atoms with Gasteiger partial charge < -0.3 is 15.3 Å². The quantitative estimate of drug-likeness (QED) is 0.694. The van der Waals surface area contributed by atoms with Crippen molar-refractivity contribution < 1.29 is 5.11 Å². The van der Waals surface area contributed by atoms with Gasteiger partial charge in [0.15, 0.2) is 0 Å². The van der Waals surface area contributed by atoms with Gasteiger partial charge in [-0.1, -0.05) is 0 Å². The van der Waals surface area contributed by atoms with Crippen molar-refractivity contribution in [1.29, 1.82) is 0 Å². The Kier molecular flexibility index (Phi) is 2.25. The van der Waals surface area contributed by atoms with Crippen LogP contribution >= 0.6 is 0 Å². The minimum absolute atomic E-state index is 0.206. The van der Waals surface area contributed by atoms with E-state index in [0.29, 0.717) is 19.0 Å². The fourth-order valence-corrected chi connectivity index (χ4v) is 1.50. The predicted octanol–water partition coefficient (Wildman–Crippen LogP) is 0.00762. The van der Waals surface area contributed by atoms with Crippen LogP contribution in [0.5, 0.6) is 0 Å². The third-order valence-corrected chi connectivity index (χ3v) is 2.33. The summed E-state index contributed by atoms with van der Waals surface area (Å²) in [4.78, 5) is 10.5. The van der Waals surface area contributed by atoms with E-state index in [2.05, 4.69) is 15.3 Å². The topological polar surface area (TPSA) is 61.3 Å². The van der Waals surface area contributed by atoms with Crippen LogP contribution in [0.2, 0.25) is 0 Å². The summed E-state index contributed by atoms with van der Waals surface area (Å²) in [5, 5.41) is 12.1. The van der Waals surface area contributed by atoms with Crippen LogP contribution < -0.4 is 10.2 Å². The predicted molar refractivity (Wildman–Crippen MR) is 54.5 cm³/mol. The Bertz CT molecular complexity index is 336. The first kappa shape index (κ1) is 9.21. The molecule has 2 N–H and O–H groups in total. The van der Waals surface area contributed by atoms with Gasteiger partial charge in [0.2, 0.25) is 5.95 Å². The molecule has 0 aliphatic carbocycles. The van der Waals surface area contributed by atoms with E-state index in [1.807, 2.05) is 11.8 Å². The third-order valence-electron chi connectivity index (χ3n) is 2.33. The lowest BCUT2D eigenvalue weighted by atomic mass is 10.1. The minimum Gasteiger partial charge on any atom is -0.389 e. The molecular weight excluding hydrogens is 180 g/mol. The van der Waals surface area contributed by atoms with Crippen molar-refractivity contribution in [1.82, 2.24) is 9.97 Å². The molecule has 1 aliphatic heterocycles. The lowest BCUT2D eigenvalue weighted by Gasteiger charge is -2.37. The fourth-order valence-electron chi connectivity index (χ4n) is 1.50. The van der Waals surface area contributed by atoms with Gasteiger partial charge in [-0.2, -0.15) is 4.98 Å². The molecule has 0 atom stereocenters. The molecule has 0 bridgehead atoms. The van der Waals surface area contributed by atoms with Crippen molar-refractivity contribution >= 4 is 11.8 Å². The monoisotopic (exact) mass is 194 g/mol. The van der Waals surface area contributed by atoms with Gasteiger partial charge in [-0.3, -0.25) is 0 Å². The van der Waals surface area contributed by atoms with Gasteiger partial charge in [-0.25, -0.2) is 4.98 Å². The first-order valence-corrected chi connectivity index (χ1v) is 4.65. The number of aromatic nitrogens is 2. The molecule has 0 amide bonds. The summed E-state index contributed by atoms with van der Waals surface area (Å²) < 4.78 is 0. The first-order valence-electron chi connectivity index (χ1n) is 4.65. The highest BCUT2D eigenvalue weighted by Gasteiger charge is 2.26. The molecule has 1 aromatic heterocycles. The van der Waals surface area contributed by atoms with Gasteiger partial charge in [-0.05, 0) is 6.92 Å². The molecule has 5 nitrogen and oxygen atoms in total. The maximum atomic E-state index is 9.20. The maximum absolute atomic E-state index is 9.20. The van der Waals surface area contributed by atoms with Gasteiger partial charge in [0.1, 0.15) is 5.82 Å². The fraction of sp³-hybridized carbons (Fsp3) is 0.556. The first-order chi connectivity index (χ1) is 6.70. The van der Waals surface area contributed by atoms with E-state index in [-0.39, 0.29) is 6.10 Å². The summed E-state index contributed by atoms with van der Waals surface area (Å²) in [6.45, 7) is 3.31. The highest BCUT2D eigenvalue weighted by atomic mass is 16.3. The number of hydrogen-bond acceptors (Lipinski definition) is 5. The van der Waals surface area contributed by atoms with Crippen molar-refractivity contribution in [2.24, 2.45) is 0 Å². The molecule has 14 heavy (non-hydrogen) atoms. The molecule has 2 heterocycles. The molecule has 1 fully saturated rings. The van der Waals surface area contributed by atoms with Crippen LogP contribution in [0.4, 0.5) is 11.8 Å². The second-order valence-electron chi connectivity index (χ2n) is 3.51. The SMILES string of the molecule is CNc1ncc(C)c(N2CC(O)C2)n1. The van der Waals surface area contributed by atoms with Crippen molar-refractivity contribution in [3.05, 3.63) is 11.8 Å². The molecule has 0 radical (unpaired) electrons. The van der Waals surface area contributed by atoms with Crippen LogP contribution in [0.15, 0.2) is 6.20 Å². The van der Waals surface area contributed by atoms with E-state index in [4.69, 9.17) is 0 Å². The second kappa shape index (κ2) is 3.42. The van der Waals surface area contributed by atoms with Crippen molar-refractivity contribution in [3.8, 4) is 0 Å². The average molecular weight is 194 g/mol. The van der Waals surface area contributed by atoms with Gasteiger partial charge in [0.05, 0.1) is 6.10 Å². The molecule has 5 heteroatoms. The Morgan fingerprint density at radius 3 is 2.86 bits per heavy atom. The van der Waals surface area contributed by atoms with Crippen LogP contribution in [0.1, 0.15) is 5.56 Å². The average Bonchev–Trinajstić information content (AvgIpc) is 2.14. The number of aliphatic hydroxyl groups excluding tert-OH is 1. The van der Waals surface area contributed by atoms with Crippen LogP contribution in [-0.2, 0) is 0 Å². The standard InChI is InChI=1S/C9H14N4O/c1-6-3-11-9(10-2)12-8(6)13-4-7(14)5-13/h3,7,14H,4-5H2,1-2H3,(H,10,11,12). The van der Waals surface area contributed by atoms with Gasteiger partial charge in [0.25, 0.3) is 0 Å². The Balaban J connectivity index is 2.23. The van der Waals surface area contributed by atoms with E-state index in [1.54, 1.807) is 13.2 Å². The lowest BCUT2D eigenvalue weighted by molar-refractivity contribution is 0.141. The number of hydrogen-bond donors (Lipinski definition) is 2. The van der Waals surface area contributed by atoms with E-state index in [9.17, 15) is 5.11 Å². The summed E-state index contributed by atoms with van der Waals surface area (Å²) >= 11 is 0. The number of nitrogens with one attached hydrogen (secondary N) is 1. The van der Waals surface area contributed by atoms with Crippen molar-refractivity contribution in [3.63, 3.8) is 0 Å². The summed E-state index contributed by atoms with van der Waals surface area (Å²) in [5.41, 5.74) is 1.04. The second-order valence-corrected chi connectivity index (χ2v) is 3.51. The lowest BCUT2D eigenvalue weighted by Crippen LogP contribution is -2.51. The van der Waals surface area contributed by atoms with E-state index >= 15 is 0 Å². The molecule has 0 aromatic carbocycles. The van der Waals surface area contributed by atoms with Crippen LogP contribution in [0.3, 0.4) is 0 Å². The number of anilines is 2. The molecule has 1 aliphatic rings. The molecule has 2 rings (SSSR count). The maximum Gasteiger partial charge on any atom is 0.224 e. The molecule has 0 spiro atoms. The number of β-amino-alcohol motifs (C(OH)–C–C–N with tert-alkyl or cyclic N) is 1. The summed E-state index contributed by atoms with van der Waals surface area (Å²) in [5.74, 6) is 1.53. The van der Waals surface area contributed by atoms with E-state index in [1.165, 1.54) is 0 Å². The summed E-state index contributed by atoms with van der Waals surface area (Å²) in [6, 6.07) is 0. The Morgan fingerprint density at radius 1 is 1.57 bits per heavy atom. The highest BCUT2D eigenvalue weighted by Crippen LogP contribution is 2.22. The largest absolute Gasteiger partial charge is 0.389 e. The zero-order valence-corrected chi connectivity index (χ0v) is 8.36. The van der Waals surface area contributed by atoms with Crippen LogP contribution in [0, 0.1) is 6.92 Å². The smallest absolute Gasteiger partial charge is 0.224 e. The number of aryl methyl sites for hydroxylation is 1. The van der Waals surface area contributed by atoms with Crippen LogP contribution in [0.25, 0.3) is 0 Å². The Hall–Kier alpha value is -1.36. The molecule has 0 saturated carbocycles. The summed E-state index contributed by atoms with van der Waals surface area (Å²) in [6.07, 6.45) is 1.58. The molecule has 1 aromatic rings. The van der Waals surface area contributed by atoms with Crippen molar-refractivity contribution in [2.45, 2.75) is 13.0 Å². The van der Waals surface area contributed by atoms with E-state index < -0.39 is 0 Å². The molecular formula is C9H14N4O. The minimum atomic E-state index is -0.206. The van der Waals surface area contributed by atoms with Gasteiger partial charge in [0, 0.05) is 31.9 Å². The van der Waals surface area contributed by atoms with Gasteiger partial charge in [-0.15, -0.1) is 0 Å². The number of nitrogens with zero attached hydrogens (tertiary/aromatic N) is 3.